The number of hydrogen-bond acceptors (Lipinski definition) is 5. The Morgan fingerprint density at radius 3 is 2.30 bits per heavy atom. The van der Waals surface area contributed by atoms with E-state index in [4.69, 9.17) is 21.1 Å². The maximum absolute atomic E-state index is 12.9. The summed E-state index contributed by atoms with van der Waals surface area (Å²) >= 11 is 6.10. The Morgan fingerprint density at radius 2 is 1.79 bits per heavy atom. The molecule has 1 N–H and O–H groups in total. The zero-order chi connectivity index (χ0) is 24.8. The summed E-state index contributed by atoms with van der Waals surface area (Å²) in [7, 11) is -2.38. The van der Waals surface area contributed by atoms with Crippen LogP contribution in [0.4, 0.5) is 5.69 Å². The normalized spacial score (nSPS) is 12.7. The maximum Gasteiger partial charge on any atom is 0.244 e. The van der Waals surface area contributed by atoms with Crippen LogP contribution in [-0.2, 0) is 20.2 Å². The van der Waals surface area contributed by atoms with Gasteiger partial charge < -0.3 is 14.8 Å². The number of amides is 1. The van der Waals surface area contributed by atoms with Gasteiger partial charge >= 0.3 is 0 Å². The lowest BCUT2D eigenvalue weighted by Crippen LogP contribution is -2.50. The summed E-state index contributed by atoms with van der Waals surface area (Å²) in [6.07, 6.45) is 1.30. The largest absolute Gasteiger partial charge is 0.495 e. The van der Waals surface area contributed by atoms with Crippen LogP contribution in [0.25, 0.3) is 0 Å². The van der Waals surface area contributed by atoms with Gasteiger partial charge in [0.2, 0.25) is 15.9 Å². The van der Waals surface area contributed by atoms with Crippen molar-refractivity contribution in [3.05, 3.63) is 53.1 Å². The first kappa shape index (κ1) is 26.8. The van der Waals surface area contributed by atoms with Crippen molar-refractivity contribution in [2.24, 2.45) is 0 Å². The number of halogens is 1. The summed E-state index contributed by atoms with van der Waals surface area (Å²) < 4.78 is 37.4. The van der Waals surface area contributed by atoms with Crippen molar-refractivity contribution in [3.8, 4) is 11.5 Å². The van der Waals surface area contributed by atoms with Crippen LogP contribution in [0.2, 0.25) is 5.02 Å². The number of anilines is 1. The van der Waals surface area contributed by atoms with Crippen molar-refractivity contribution >= 4 is 33.2 Å². The molecule has 182 valence electrons. The van der Waals surface area contributed by atoms with Gasteiger partial charge in [-0.1, -0.05) is 51.4 Å². The van der Waals surface area contributed by atoms with E-state index >= 15 is 0 Å². The molecule has 0 fully saturated rings. The molecule has 9 heteroatoms. The summed E-state index contributed by atoms with van der Waals surface area (Å²) in [4.78, 5) is 12.9. The van der Waals surface area contributed by atoms with E-state index in [9.17, 15) is 13.2 Å². The van der Waals surface area contributed by atoms with Crippen molar-refractivity contribution in [3.63, 3.8) is 0 Å². The zero-order valence-corrected chi connectivity index (χ0v) is 21.6. The molecular weight excluding hydrogens is 464 g/mol. The van der Waals surface area contributed by atoms with Gasteiger partial charge in [-0.05, 0) is 47.7 Å². The third kappa shape index (κ3) is 7.27. The lowest BCUT2D eigenvalue weighted by atomic mass is 9.87. The second-order valence-electron chi connectivity index (χ2n) is 8.71. The van der Waals surface area contributed by atoms with E-state index in [2.05, 4.69) is 26.1 Å². The second kappa shape index (κ2) is 11.1. The molecule has 0 aliphatic carbocycles. The number of sulfonamides is 1. The molecule has 0 spiro atoms. The molecule has 0 bridgehead atoms. The van der Waals surface area contributed by atoms with Crippen LogP contribution in [0.3, 0.4) is 0 Å². The lowest BCUT2D eigenvalue weighted by molar-refractivity contribution is -0.122. The van der Waals surface area contributed by atoms with E-state index < -0.39 is 22.0 Å². The Kier molecular flexibility index (Phi) is 9.03. The van der Waals surface area contributed by atoms with Gasteiger partial charge in [-0.15, -0.1) is 0 Å². The molecule has 1 atom stereocenters. The van der Waals surface area contributed by atoms with E-state index in [1.54, 1.807) is 19.1 Å². The summed E-state index contributed by atoms with van der Waals surface area (Å²) in [6.45, 7) is 8.63. The van der Waals surface area contributed by atoms with Gasteiger partial charge in [-0.25, -0.2) is 8.42 Å². The topological polar surface area (TPSA) is 84.9 Å². The number of hydrogen-bond donors (Lipinski definition) is 1. The van der Waals surface area contributed by atoms with Gasteiger partial charge in [0.1, 0.15) is 24.1 Å². The van der Waals surface area contributed by atoms with Crippen LogP contribution in [0.5, 0.6) is 11.5 Å². The molecular formula is C24H33ClN2O5S. The second-order valence-corrected chi connectivity index (χ2v) is 11.0. The number of nitrogens with zero attached hydrogens (tertiary/aromatic N) is 1. The minimum atomic E-state index is -3.81. The number of methoxy groups -OCH3 is 1. The van der Waals surface area contributed by atoms with Crippen molar-refractivity contribution in [1.82, 2.24) is 5.32 Å². The standard InChI is InChI=1S/C24H33ClN2O5S/c1-7-20(27(33(6,29)30)21-16-18(25)10-13-22(21)31-5)23(28)26-14-15-32-19-11-8-17(9-12-19)24(2,3)4/h8-13,16,20H,7,14-15H2,1-6H3,(H,26,28)/t20-/m0/s1. The third-order valence-electron chi connectivity index (χ3n) is 5.10. The monoisotopic (exact) mass is 496 g/mol. The van der Waals surface area contributed by atoms with Crippen molar-refractivity contribution in [2.45, 2.75) is 45.6 Å². The van der Waals surface area contributed by atoms with E-state index in [0.717, 1.165) is 10.6 Å². The number of rotatable bonds is 10. The molecule has 0 saturated carbocycles. The molecule has 0 aliphatic rings. The Balaban J connectivity index is 2.09. The molecule has 0 radical (unpaired) electrons. The minimum absolute atomic E-state index is 0.0544. The molecule has 2 aromatic rings. The molecule has 0 aliphatic heterocycles. The van der Waals surface area contributed by atoms with E-state index in [1.807, 2.05) is 24.3 Å². The third-order valence-corrected chi connectivity index (χ3v) is 6.50. The van der Waals surface area contributed by atoms with Gasteiger partial charge in [0.05, 0.1) is 25.6 Å². The summed E-state index contributed by atoms with van der Waals surface area (Å²) in [5.41, 5.74) is 1.47. The first-order valence-corrected chi connectivity index (χ1v) is 12.9. The van der Waals surface area contributed by atoms with Gasteiger partial charge in [0, 0.05) is 5.02 Å². The zero-order valence-electron chi connectivity index (χ0n) is 20.0. The fourth-order valence-corrected chi connectivity index (χ4v) is 4.76. The minimum Gasteiger partial charge on any atom is -0.495 e. The Labute approximate surface area is 202 Å². The van der Waals surface area contributed by atoms with Crippen LogP contribution in [-0.4, -0.2) is 46.9 Å². The molecule has 0 aromatic heterocycles. The first-order chi connectivity index (χ1) is 15.4. The highest BCUT2D eigenvalue weighted by atomic mass is 35.5. The van der Waals surface area contributed by atoms with E-state index in [0.29, 0.717) is 16.5 Å². The van der Waals surface area contributed by atoms with Gasteiger partial charge in [-0.3, -0.25) is 9.10 Å². The Bertz CT molecular complexity index is 1050. The molecule has 0 heterocycles. The highest BCUT2D eigenvalue weighted by molar-refractivity contribution is 7.92. The summed E-state index contributed by atoms with van der Waals surface area (Å²) in [5, 5.41) is 3.10. The Morgan fingerprint density at radius 1 is 1.15 bits per heavy atom. The SMILES string of the molecule is CC[C@@H](C(=O)NCCOc1ccc(C(C)(C)C)cc1)N(c1cc(Cl)ccc1OC)S(C)(=O)=O. The van der Waals surface area contributed by atoms with Crippen LogP contribution < -0.4 is 19.1 Å². The van der Waals surface area contributed by atoms with E-state index in [1.165, 1.54) is 18.7 Å². The smallest absolute Gasteiger partial charge is 0.244 e. The molecule has 1 amide bonds. The van der Waals surface area contributed by atoms with Crippen molar-refractivity contribution in [2.75, 3.05) is 30.8 Å². The fourth-order valence-electron chi connectivity index (χ4n) is 3.38. The summed E-state index contributed by atoms with van der Waals surface area (Å²) in [5.74, 6) is 0.570. The van der Waals surface area contributed by atoms with Gasteiger partial charge in [0.15, 0.2) is 0 Å². The molecule has 2 aromatic carbocycles. The predicted molar refractivity (Wildman–Crippen MR) is 133 cm³/mol. The number of benzene rings is 2. The molecule has 33 heavy (non-hydrogen) atoms. The molecule has 2 rings (SSSR count). The molecule has 7 nitrogen and oxygen atoms in total. The fraction of sp³-hybridized carbons (Fsp3) is 0.458. The average Bonchev–Trinajstić information content (AvgIpc) is 2.73. The van der Waals surface area contributed by atoms with Crippen LogP contribution in [0.15, 0.2) is 42.5 Å². The number of ether oxygens (including phenoxy) is 2. The number of carbonyl (C=O) groups excluding carboxylic acids is 1. The van der Waals surface area contributed by atoms with Crippen molar-refractivity contribution in [1.29, 1.82) is 0 Å². The quantitative estimate of drug-likeness (QED) is 0.493. The summed E-state index contributed by atoms with van der Waals surface area (Å²) in [6, 6.07) is 11.5. The van der Waals surface area contributed by atoms with Crippen molar-refractivity contribution < 1.29 is 22.7 Å². The Hall–Kier alpha value is -2.45. The number of carbonyl (C=O) groups is 1. The van der Waals surface area contributed by atoms with Crippen LogP contribution >= 0.6 is 11.6 Å². The maximum atomic E-state index is 12.9. The van der Waals surface area contributed by atoms with E-state index in [-0.39, 0.29) is 30.7 Å². The molecule has 0 unspecified atom stereocenters. The lowest BCUT2D eigenvalue weighted by Gasteiger charge is -2.31. The highest BCUT2D eigenvalue weighted by Gasteiger charge is 2.33. The predicted octanol–water partition coefficient (Wildman–Crippen LogP) is 4.39. The van der Waals surface area contributed by atoms with Crippen LogP contribution in [0.1, 0.15) is 39.7 Å². The van der Waals surface area contributed by atoms with Gasteiger partial charge in [-0.2, -0.15) is 0 Å². The molecule has 0 saturated heterocycles. The first-order valence-electron chi connectivity index (χ1n) is 10.7. The number of nitrogens with one attached hydrogen (secondary N) is 1. The van der Waals surface area contributed by atoms with Crippen LogP contribution in [0, 0.1) is 0 Å². The highest BCUT2D eigenvalue weighted by Crippen LogP contribution is 2.34. The van der Waals surface area contributed by atoms with Gasteiger partial charge in [0.25, 0.3) is 0 Å². The average molecular weight is 497 g/mol.